The molecule has 5 heteroatoms. The lowest BCUT2D eigenvalue weighted by atomic mass is 10.3. The minimum Gasteiger partial charge on any atom is -0.497 e. The molecule has 19 heavy (non-hydrogen) atoms. The number of carbonyl (C=O) groups excluding carboxylic acids is 1. The Hall–Kier alpha value is -2.17. The maximum absolute atomic E-state index is 11.4. The van der Waals surface area contributed by atoms with Gasteiger partial charge in [-0.1, -0.05) is 0 Å². The van der Waals surface area contributed by atoms with Crippen LogP contribution in [0.15, 0.2) is 30.0 Å². The highest BCUT2D eigenvalue weighted by Gasteiger charge is 2.08. The van der Waals surface area contributed by atoms with Crippen LogP contribution in [-0.4, -0.2) is 26.8 Å². The van der Waals surface area contributed by atoms with Crippen molar-refractivity contribution in [3.8, 4) is 17.2 Å². The Kier molecular flexibility index (Phi) is 5.73. The third-order valence-electron chi connectivity index (χ3n) is 2.33. The largest absolute Gasteiger partial charge is 0.497 e. The van der Waals surface area contributed by atoms with Gasteiger partial charge < -0.3 is 18.9 Å². The summed E-state index contributed by atoms with van der Waals surface area (Å²) < 4.78 is 20.5. The van der Waals surface area contributed by atoms with Crippen LogP contribution in [0, 0.1) is 0 Å². The topological polar surface area (TPSA) is 54.0 Å². The molecule has 0 aliphatic heterocycles. The number of methoxy groups -OCH3 is 2. The molecule has 0 atom stereocenters. The number of rotatable bonds is 6. The predicted molar refractivity (Wildman–Crippen MR) is 70.6 cm³/mol. The average molecular weight is 266 g/mol. The smallest absolute Gasteiger partial charge is 0.336 e. The van der Waals surface area contributed by atoms with E-state index in [0.29, 0.717) is 29.4 Å². The summed E-state index contributed by atoms with van der Waals surface area (Å²) in [6.07, 6.45) is 1.34. The van der Waals surface area contributed by atoms with Gasteiger partial charge in [-0.2, -0.15) is 0 Å². The van der Waals surface area contributed by atoms with E-state index in [1.165, 1.54) is 13.4 Å². The number of benzene rings is 1. The number of esters is 1. The third-order valence-corrected chi connectivity index (χ3v) is 2.33. The van der Waals surface area contributed by atoms with Crippen LogP contribution in [0.25, 0.3) is 0 Å². The average Bonchev–Trinajstić information content (AvgIpc) is 2.44. The van der Waals surface area contributed by atoms with E-state index >= 15 is 0 Å². The Morgan fingerprint density at radius 3 is 2.53 bits per heavy atom. The molecule has 1 aromatic rings. The summed E-state index contributed by atoms with van der Waals surface area (Å²) in [5.74, 6) is 1.27. The van der Waals surface area contributed by atoms with Gasteiger partial charge in [-0.15, -0.1) is 0 Å². The van der Waals surface area contributed by atoms with Crippen molar-refractivity contribution in [2.24, 2.45) is 0 Å². The van der Waals surface area contributed by atoms with E-state index in [9.17, 15) is 4.79 Å². The summed E-state index contributed by atoms with van der Waals surface area (Å²) in [5.41, 5.74) is 0.375. The van der Waals surface area contributed by atoms with Gasteiger partial charge in [0.1, 0.15) is 12.0 Å². The van der Waals surface area contributed by atoms with Gasteiger partial charge in [0.05, 0.1) is 26.4 Å². The molecule has 1 aromatic carbocycles. The van der Waals surface area contributed by atoms with Gasteiger partial charge >= 0.3 is 5.97 Å². The van der Waals surface area contributed by atoms with Gasteiger partial charge in [-0.05, 0) is 26.0 Å². The van der Waals surface area contributed by atoms with E-state index in [1.807, 2.05) is 0 Å². The second-order valence-electron chi connectivity index (χ2n) is 3.66. The Balaban J connectivity index is 2.82. The molecule has 0 aliphatic rings. The van der Waals surface area contributed by atoms with Crippen LogP contribution < -0.4 is 14.2 Å². The lowest BCUT2D eigenvalue weighted by molar-refractivity contribution is -0.138. The zero-order valence-corrected chi connectivity index (χ0v) is 11.6. The highest BCUT2D eigenvalue weighted by Crippen LogP contribution is 2.31. The minimum atomic E-state index is -0.407. The molecule has 0 unspecified atom stereocenters. The molecule has 0 saturated carbocycles. The summed E-state index contributed by atoms with van der Waals surface area (Å²) in [4.78, 5) is 11.4. The Morgan fingerprint density at radius 2 is 1.95 bits per heavy atom. The van der Waals surface area contributed by atoms with Crippen molar-refractivity contribution < 1.29 is 23.7 Å². The normalized spacial score (nSPS) is 10.8. The summed E-state index contributed by atoms with van der Waals surface area (Å²) >= 11 is 0. The first-order valence-electron chi connectivity index (χ1n) is 5.85. The van der Waals surface area contributed by atoms with Crippen molar-refractivity contribution >= 4 is 5.97 Å². The fourth-order valence-electron chi connectivity index (χ4n) is 1.32. The van der Waals surface area contributed by atoms with Crippen molar-refractivity contribution in [1.82, 2.24) is 0 Å². The summed E-state index contributed by atoms with van der Waals surface area (Å²) in [5, 5.41) is 0. The van der Waals surface area contributed by atoms with Gasteiger partial charge in [0.15, 0.2) is 11.5 Å². The zero-order valence-electron chi connectivity index (χ0n) is 11.6. The summed E-state index contributed by atoms with van der Waals surface area (Å²) in [6, 6.07) is 5.14. The number of hydrogen-bond donors (Lipinski definition) is 0. The molecule has 0 saturated heterocycles. The van der Waals surface area contributed by atoms with E-state index in [0.717, 1.165) is 0 Å². The maximum atomic E-state index is 11.4. The lowest BCUT2D eigenvalue weighted by Crippen LogP contribution is -2.06. The standard InChI is InChI=1S/C14H18O5/c1-5-18-14(15)10(2)9-19-12-7-6-11(16-3)8-13(12)17-4/h6-9H,5H2,1-4H3. The molecule has 0 fully saturated rings. The van der Waals surface area contributed by atoms with Crippen molar-refractivity contribution in [3.63, 3.8) is 0 Å². The first-order chi connectivity index (χ1) is 9.12. The minimum absolute atomic E-state index is 0.329. The quantitative estimate of drug-likeness (QED) is 0.450. The molecular weight excluding hydrogens is 248 g/mol. The van der Waals surface area contributed by atoms with Crippen molar-refractivity contribution in [2.45, 2.75) is 13.8 Å². The summed E-state index contributed by atoms with van der Waals surface area (Å²) in [6.45, 7) is 3.70. The molecule has 0 aliphatic carbocycles. The fraction of sp³-hybridized carbons (Fsp3) is 0.357. The van der Waals surface area contributed by atoms with Crippen molar-refractivity contribution in [3.05, 3.63) is 30.0 Å². The zero-order chi connectivity index (χ0) is 14.3. The predicted octanol–water partition coefficient (Wildman–Crippen LogP) is 2.55. The van der Waals surface area contributed by atoms with Crippen LogP contribution in [0.1, 0.15) is 13.8 Å². The van der Waals surface area contributed by atoms with Crippen LogP contribution in [0.3, 0.4) is 0 Å². The van der Waals surface area contributed by atoms with Crippen LogP contribution in [0.4, 0.5) is 0 Å². The molecule has 5 nitrogen and oxygen atoms in total. The van der Waals surface area contributed by atoms with Gasteiger partial charge in [-0.25, -0.2) is 4.79 Å². The number of hydrogen-bond acceptors (Lipinski definition) is 5. The second-order valence-corrected chi connectivity index (χ2v) is 3.66. The van der Waals surface area contributed by atoms with Gasteiger partial charge in [-0.3, -0.25) is 0 Å². The summed E-state index contributed by atoms with van der Waals surface area (Å²) in [7, 11) is 3.10. The third kappa shape index (κ3) is 4.21. The Labute approximate surface area is 112 Å². The second kappa shape index (κ2) is 7.31. The highest BCUT2D eigenvalue weighted by atomic mass is 16.5. The van der Waals surface area contributed by atoms with Crippen LogP contribution in [0.5, 0.6) is 17.2 Å². The van der Waals surface area contributed by atoms with Gasteiger partial charge in [0.2, 0.25) is 0 Å². The van der Waals surface area contributed by atoms with Crippen LogP contribution in [0.2, 0.25) is 0 Å². The molecule has 0 aromatic heterocycles. The molecule has 0 bridgehead atoms. The fourth-order valence-corrected chi connectivity index (χ4v) is 1.32. The van der Waals surface area contributed by atoms with E-state index in [-0.39, 0.29) is 0 Å². The molecule has 0 radical (unpaired) electrons. The molecule has 104 valence electrons. The molecular formula is C14H18O5. The monoisotopic (exact) mass is 266 g/mol. The van der Waals surface area contributed by atoms with Gasteiger partial charge in [0.25, 0.3) is 0 Å². The maximum Gasteiger partial charge on any atom is 0.336 e. The van der Waals surface area contributed by atoms with Crippen LogP contribution >= 0.6 is 0 Å². The van der Waals surface area contributed by atoms with Crippen molar-refractivity contribution in [1.29, 1.82) is 0 Å². The number of carbonyl (C=O) groups is 1. The lowest BCUT2D eigenvalue weighted by Gasteiger charge is -2.09. The van der Waals surface area contributed by atoms with E-state index in [1.54, 1.807) is 39.2 Å². The first kappa shape index (κ1) is 14.9. The molecule has 0 spiro atoms. The van der Waals surface area contributed by atoms with E-state index in [4.69, 9.17) is 18.9 Å². The van der Waals surface area contributed by atoms with E-state index < -0.39 is 5.97 Å². The Bertz CT molecular complexity index is 465. The van der Waals surface area contributed by atoms with Crippen molar-refractivity contribution in [2.75, 3.05) is 20.8 Å². The molecule has 0 N–H and O–H groups in total. The Morgan fingerprint density at radius 1 is 1.21 bits per heavy atom. The van der Waals surface area contributed by atoms with Crippen LogP contribution in [-0.2, 0) is 9.53 Å². The molecule has 0 amide bonds. The molecule has 1 rings (SSSR count). The first-order valence-corrected chi connectivity index (χ1v) is 5.85. The highest BCUT2D eigenvalue weighted by molar-refractivity contribution is 5.87. The van der Waals surface area contributed by atoms with E-state index in [2.05, 4.69) is 0 Å². The molecule has 0 heterocycles. The SMILES string of the molecule is CCOC(=O)C(C)=COc1ccc(OC)cc1OC. The number of ether oxygens (including phenoxy) is 4. The van der Waals surface area contributed by atoms with Gasteiger partial charge in [0, 0.05) is 6.07 Å².